The van der Waals surface area contributed by atoms with Crippen LogP contribution in [0, 0.1) is 0 Å². The molecule has 1 aromatic carbocycles. The van der Waals surface area contributed by atoms with Crippen molar-refractivity contribution < 1.29 is 19.0 Å². The van der Waals surface area contributed by atoms with Gasteiger partial charge in [-0.05, 0) is 42.6 Å². The number of nitrogens with zero attached hydrogens (tertiary/aromatic N) is 1. The van der Waals surface area contributed by atoms with E-state index in [0.717, 1.165) is 37.2 Å². The largest absolute Gasteiger partial charge is 0.493 e. The maximum atomic E-state index is 12.3. The third-order valence-electron chi connectivity index (χ3n) is 4.05. The Kier molecular flexibility index (Phi) is 6.67. The van der Waals surface area contributed by atoms with Gasteiger partial charge in [0.15, 0.2) is 11.5 Å². The lowest BCUT2D eigenvalue weighted by atomic mass is 9.98. The number of rotatable bonds is 8. The molecule has 0 spiro atoms. The van der Waals surface area contributed by atoms with E-state index in [-0.39, 0.29) is 5.91 Å². The van der Waals surface area contributed by atoms with Gasteiger partial charge in [-0.1, -0.05) is 0 Å². The zero-order valence-electron chi connectivity index (χ0n) is 14.2. The molecule has 1 amide bonds. The van der Waals surface area contributed by atoms with Gasteiger partial charge >= 0.3 is 0 Å². The van der Waals surface area contributed by atoms with E-state index < -0.39 is 0 Å². The second-order valence-electron chi connectivity index (χ2n) is 5.56. The van der Waals surface area contributed by atoms with Crippen LogP contribution in [-0.4, -0.2) is 58.4 Å². The van der Waals surface area contributed by atoms with Gasteiger partial charge in [-0.2, -0.15) is 0 Å². The first-order chi connectivity index (χ1) is 11.2. The van der Waals surface area contributed by atoms with Gasteiger partial charge in [-0.25, -0.2) is 0 Å². The molecule has 0 saturated carbocycles. The van der Waals surface area contributed by atoms with Crippen molar-refractivity contribution in [3.63, 3.8) is 0 Å². The molecule has 0 atom stereocenters. The van der Waals surface area contributed by atoms with Crippen LogP contribution in [0.2, 0.25) is 0 Å². The van der Waals surface area contributed by atoms with E-state index in [1.54, 1.807) is 21.3 Å². The van der Waals surface area contributed by atoms with Crippen molar-refractivity contribution in [3.05, 3.63) is 23.3 Å². The van der Waals surface area contributed by atoms with E-state index in [1.807, 2.05) is 17.0 Å². The molecule has 0 radical (unpaired) electrons. The minimum atomic E-state index is 0.128. The summed E-state index contributed by atoms with van der Waals surface area (Å²) < 4.78 is 15.7. The molecule has 0 fully saturated rings. The second kappa shape index (κ2) is 8.74. The summed E-state index contributed by atoms with van der Waals surface area (Å²) in [5.41, 5.74) is 2.35. The highest BCUT2D eigenvalue weighted by Gasteiger charge is 2.22. The third-order valence-corrected chi connectivity index (χ3v) is 4.05. The number of nitrogens with one attached hydrogen (secondary N) is 1. The van der Waals surface area contributed by atoms with Gasteiger partial charge in [0.2, 0.25) is 5.91 Å². The van der Waals surface area contributed by atoms with Crippen LogP contribution in [0.25, 0.3) is 0 Å². The fourth-order valence-corrected chi connectivity index (χ4v) is 2.74. The Hall–Kier alpha value is -1.79. The summed E-state index contributed by atoms with van der Waals surface area (Å²) in [7, 11) is 4.94. The molecule has 1 N–H and O–H groups in total. The normalized spacial score (nSPS) is 13.6. The van der Waals surface area contributed by atoms with Crippen LogP contribution >= 0.6 is 0 Å². The molecular weight excluding hydrogens is 296 g/mol. The van der Waals surface area contributed by atoms with E-state index in [9.17, 15) is 4.79 Å². The Labute approximate surface area is 137 Å². The molecule has 1 aliphatic heterocycles. The van der Waals surface area contributed by atoms with Crippen LogP contribution in [0.15, 0.2) is 12.1 Å². The highest BCUT2D eigenvalue weighted by Crippen LogP contribution is 2.33. The smallest absolute Gasteiger partial charge is 0.236 e. The van der Waals surface area contributed by atoms with E-state index in [2.05, 4.69) is 5.32 Å². The lowest BCUT2D eigenvalue weighted by Gasteiger charge is -2.29. The molecule has 23 heavy (non-hydrogen) atoms. The molecule has 1 heterocycles. The fraction of sp³-hybridized carbons (Fsp3) is 0.588. The summed E-state index contributed by atoms with van der Waals surface area (Å²) >= 11 is 0. The van der Waals surface area contributed by atoms with Crippen LogP contribution in [0.5, 0.6) is 11.5 Å². The molecule has 0 bridgehead atoms. The van der Waals surface area contributed by atoms with E-state index in [4.69, 9.17) is 14.2 Å². The standard InChI is InChI=1S/C17H26N2O4/c1-21-8-4-6-18-11-17(20)19-7-5-13-9-15(22-2)16(23-3)10-14(13)12-19/h9-10,18H,4-8,11-12H2,1-3H3. The molecule has 0 aliphatic carbocycles. The van der Waals surface area contributed by atoms with Crippen LogP contribution in [0.3, 0.4) is 0 Å². The monoisotopic (exact) mass is 322 g/mol. The Morgan fingerprint density at radius 1 is 1.17 bits per heavy atom. The van der Waals surface area contributed by atoms with Crippen molar-refractivity contribution in [2.75, 3.05) is 47.6 Å². The number of methoxy groups -OCH3 is 3. The molecule has 0 aromatic heterocycles. The predicted octanol–water partition coefficient (Wildman–Crippen LogP) is 1.21. The van der Waals surface area contributed by atoms with Crippen LogP contribution in [0.1, 0.15) is 17.5 Å². The Morgan fingerprint density at radius 3 is 2.52 bits per heavy atom. The molecule has 1 aliphatic rings. The first-order valence-electron chi connectivity index (χ1n) is 7.90. The zero-order chi connectivity index (χ0) is 16.7. The maximum Gasteiger partial charge on any atom is 0.236 e. The van der Waals surface area contributed by atoms with Crippen molar-refractivity contribution >= 4 is 5.91 Å². The van der Waals surface area contributed by atoms with Gasteiger partial charge in [0.1, 0.15) is 0 Å². The lowest BCUT2D eigenvalue weighted by molar-refractivity contribution is -0.131. The number of amides is 1. The molecular formula is C17H26N2O4. The molecule has 128 valence electrons. The average Bonchev–Trinajstić information content (AvgIpc) is 2.59. The van der Waals surface area contributed by atoms with Crippen LogP contribution in [-0.2, 0) is 22.5 Å². The van der Waals surface area contributed by atoms with Crippen molar-refractivity contribution in [2.24, 2.45) is 0 Å². The number of carbonyl (C=O) groups is 1. The Bertz CT molecular complexity index is 534. The first-order valence-corrected chi connectivity index (χ1v) is 7.90. The number of benzene rings is 1. The minimum absolute atomic E-state index is 0.128. The number of carbonyl (C=O) groups excluding carboxylic acids is 1. The maximum absolute atomic E-state index is 12.3. The predicted molar refractivity (Wildman–Crippen MR) is 88.0 cm³/mol. The minimum Gasteiger partial charge on any atom is -0.493 e. The summed E-state index contributed by atoms with van der Waals surface area (Å²) in [5.74, 6) is 1.58. The number of fused-ring (bicyclic) bond motifs is 1. The SMILES string of the molecule is COCCCNCC(=O)N1CCc2cc(OC)c(OC)cc2C1. The number of hydrogen-bond acceptors (Lipinski definition) is 5. The highest BCUT2D eigenvalue weighted by atomic mass is 16.5. The molecule has 0 unspecified atom stereocenters. The summed E-state index contributed by atoms with van der Waals surface area (Å²) in [4.78, 5) is 14.2. The van der Waals surface area contributed by atoms with Gasteiger partial charge in [-0.3, -0.25) is 4.79 Å². The first kappa shape index (κ1) is 17.6. The summed E-state index contributed by atoms with van der Waals surface area (Å²) in [6.45, 7) is 3.22. The highest BCUT2D eigenvalue weighted by molar-refractivity contribution is 5.78. The number of ether oxygens (including phenoxy) is 3. The molecule has 0 saturated heterocycles. The average molecular weight is 322 g/mol. The molecule has 6 nitrogen and oxygen atoms in total. The van der Waals surface area contributed by atoms with Gasteiger partial charge in [0.05, 0.1) is 20.8 Å². The molecule has 1 aromatic rings. The van der Waals surface area contributed by atoms with E-state index in [0.29, 0.717) is 25.4 Å². The summed E-state index contributed by atoms with van der Waals surface area (Å²) in [5, 5.41) is 3.17. The fourth-order valence-electron chi connectivity index (χ4n) is 2.74. The van der Waals surface area contributed by atoms with E-state index >= 15 is 0 Å². The lowest BCUT2D eigenvalue weighted by Crippen LogP contribution is -2.41. The van der Waals surface area contributed by atoms with Gasteiger partial charge in [-0.15, -0.1) is 0 Å². The Morgan fingerprint density at radius 2 is 1.87 bits per heavy atom. The van der Waals surface area contributed by atoms with Crippen molar-refractivity contribution in [3.8, 4) is 11.5 Å². The molecule has 2 rings (SSSR count). The molecule has 6 heteroatoms. The summed E-state index contributed by atoms with van der Waals surface area (Å²) in [6, 6.07) is 3.98. The Balaban J connectivity index is 1.93. The quantitative estimate of drug-likeness (QED) is 0.729. The third kappa shape index (κ3) is 4.59. The zero-order valence-corrected chi connectivity index (χ0v) is 14.2. The van der Waals surface area contributed by atoms with Crippen LogP contribution in [0.4, 0.5) is 0 Å². The topological polar surface area (TPSA) is 60.0 Å². The van der Waals surface area contributed by atoms with E-state index in [1.165, 1.54) is 5.56 Å². The number of hydrogen-bond donors (Lipinski definition) is 1. The van der Waals surface area contributed by atoms with Crippen LogP contribution < -0.4 is 14.8 Å². The van der Waals surface area contributed by atoms with Crippen molar-refractivity contribution in [2.45, 2.75) is 19.4 Å². The van der Waals surface area contributed by atoms with Crippen molar-refractivity contribution in [1.29, 1.82) is 0 Å². The summed E-state index contributed by atoms with van der Waals surface area (Å²) in [6.07, 6.45) is 1.74. The van der Waals surface area contributed by atoms with Gasteiger partial charge in [0, 0.05) is 26.8 Å². The van der Waals surface area contributed by atoms with Gasteiger partial charge in [0.25, 0.3) is 0 Å². The van der Waals surface area contributed by atoms with Gasteiger partial charge < -0.3 is 24.4 Å². The second-order valence-corrected chi connectivity index (χ2v) is 5.56. The van der Waals surface area contributed by atoms with Crippen molar-refractivity contribution in [1.82, 2.24) is 10.2 Å².